The number of ether oxygens (including phenoxy) is 1. The Morgan fingerprint density at radius 3 is 2.40 bits per heavy atom. The number of carbonyl (C=O) groups excluding carboxylic acids is 2. The normalized spacial score (nSPS) is 21.5. The summed E-state index contributed by atoms with van der Waals surface area (Å²) in [7, 11) is 0. The predicted molar refractivity (Wildman–Crippen MR) is 94.5 cm³/mol. The van der Waals surface area contributed by atoms with E-state index >= 15 is 0 Å². The van der Waals surface area contributed by atoms with Gasteiger partial charge >= 0.3 is 0 Å². The number of hydrogen-bond donors (Lipinski definition) is 2. The van der Waals surface area contributed by atoms with Crippen LogP contribution in [0.5, 0.6) is 5.75 Å². The van der Waals surface area contributed by atoms with Crippen LogP contribution >= 0.6 is 0 Å². The van der Waals surface area contributed by atoms with Gasteiger partial charge in [0, 0.05) is 12.3 Å². The predicted octanol–water partition coefficient (Wildman–Crippen LogP) is 2.18. The van der Waals surface area contributed by atoms with Crippen LogP contribution in [-0.4, -0.2) is 11.8 Å². The van der Waals surface area contributed by atoms with Gasteiger partial charge in [0.05, 0.1) is 0 Å². The van der Waals surface area contributed by atoms with Crippen LogP contribution < -0.4 is 16.2 Å². The van der Waals surface area contributed by atoms with Crippen molar-refractivity contribution >= 4 is 11.8 Å². The van der Waals surface area contributed by atoms with Gasteiger partial charge in [-0.2, -0.15) is 0 Å². The summed E-state index contributed by atoms with van der Waals surface area (Å²) in [4.78, 5) is 22.9. The zero-order chi connectivity index (χ0) is 17.9. The average Bonchev–Trinajstić information content (AvgIpc) is 3.27. The standard InChI is InChI=1S/C20H22N2O3/c21-18(23)12-20(11-17(20)19(22)24)10-15-7-4-8-16(9-15)25-13-14-5-2-1-3-6-14/h1-9,17H,10-13H2,(H2,21,23)(H2,22,24)/t17-,20-/m1/s1. The third-order valence-corrected chi connectivity index (χ3v) is 4.76. The lowest BCUT2D eigenvalue weighted by Crippen LogP contribution is -2.25. The quantitative estimate of drug-likeness (QED) is 0.772. The van der Waals surface area contributed by atoms with E-state index in [-0.39, 0.29) is 18.2 Å². The minimum Gasteiger partial charge on any atom is -0.489 e. The van der Waals surface area contributed by atoms with Crippen molar-refractivity contribution < 1.29 is 14.3 Å². The summed E-state index contributed by atoms with van der Waals surface area (Å²) in [5, 5.41) is 0. The molecule has 0 bridgehead atoms. The molecule has 0 aromatic heterocycles. The Morgan fingerprint density at radius 1 is 1.04 bits per heavy atom. The molecule has 2 amide bonds. The Bertz CT molecular complexity index is 776. The van der Waals surface area contributed by atoms with Crippen molar-refractivity contribution in [1.29, 1.82) is 0 Å². The molecule has 2 aromatic rings. The van der Waals surface area contributed by atoms with E-state index in [1.165, 1.54) is 0 Å². The van der Waals surface area contributed by atoms with Gasteiger partial charge in [0.2, 0.25) is 11.8 Å². The van der Waals surface area contributed by atoms with Crippen molar-refractivity contribution in [3.63, 3.8) is 0 Å². The molecule has 1 aliphatic rings. The highest BCUT2D eigenvalue weighted by Crippen LogP contribution is 2.57. The maximum Gasteiger partial charge on any atom is 0.221 e. The minimum absolute atomic E-state index is 0.176. The van der Waals surface area contributed by atoms with E-state index in [0.717, 1.165) is 16.9 Å². The molecule has 1 saturated carbocycles. The molecular weight excluding hydrogens is 316 g/mol. The zero-order valence-corrected chi connectivity index (χ0v) is 14.0. The molecule has 5 nitrogen and oxygen atoms in total. The molecule has 0 spiro atoms. The number of benzene rings is 2. The van der Waals surface area contributed by atoms with E-state index in [0.29, 0.717) is 19.4 Å². The third kappa shape index (κ3) is 4.18. The number of primary amides is 2. The second kappa shape index (κ2) is 6.97. The molecule has 5 heteroatoms. The fourth-order valence-electron chi connectivity index (χ4n) is 3.44. The van der Waals surface area contributed by atoms with E-state index in [4.69, 9.17) is 16.2 Å². The number of amides is 2. The van der Waals surface area contributed by atoms with Crippen molar-refractivity contribution in [2.24, 2.45) is 22.8 Å². The van der Waals surface area contributed by atoms with E-state index in [1.807, 2.05) is 54.6 Å². The molecule has 0 heterocycles. The molecule has 2 atom stereocenters. The summed E-state index contributed by atoms with van der Waals surface area (Å²) >= 11 is 0. The molecule has 1 fully saturated rings. The Morgan fingerprint density at radius 2 is 1.76 bits per heavy atom. The van der Waals surface area contributed by atoms with Gasteiger partial charge in [-0.1, -0.05) is 42.5 Å². The molecular formula is C20H22N2O3. The van der Waals surface area contributed by atoms with Crippen molar-refractivity contribution in [2.45, 2.75) is 25.9 Å². The van der Waals surface area contributed by atoms with Gasteiger partial charge in [0.25, 0.3) is 0 Å². The Labute approximate surface area is 147 Å². The highest BCUT2D eigenvalue weighted by atomic mass is 16.5. The fraction of sp³-hybridized carbons (Fsp3) is 0.300. The van der Waals surface area contributed by atoms with Crippen LogP contribution in [0, 0.1) is 11.3 Å². The first kappa shape index (κ1) is 17.0. The van der Waals surface area contributed by atoms with Gasteiger partial charge in [-0.05, 0) is 41.5 Å². The second-order valence-electron chi connectivity index (χ2n) is 6.76. The van der Waals surface area contributed by atoms with Crippen molar-refractivity contribution in [3.8, 4) is 5.75 Å². The smallest absolute Gasteiger partial charge is 0.221 e. The summed E-state index contributed by atoms with van der Waals surface area (Å²) in [5.74, 6) is -0.293. The highest BCUT2D eigenvalue weighted by molar-refractivity contribution is 5.84. The topological polar surface area (TPSA) is 95.4 Å². The van der Waals surface area contributed by atoms with Crippen LogP contribution in [0.4, 0.5) is 0 Å². The molecule has 0 saturated heterocycles. The first-order valence-corrected chi connectivity index (χ1v) is 8.32. The first-order valence-electron chi connectivity index (χ1n) is 8.32. The lowest BCUT2D eigenvalue weighted by molar-refractivity contribution is -0.121. The van der Waals surface area contributed by atoms with Crippen molar-refractivity contribution in [1.82, 2.24) is 0 Å². The SMILES string of the molecule is NC(=O)C[C@@]1(Cc2cccc(OCc3ccccc3)c2)C[C@@H]1C(N)=O. The van der Waals surface area contributed by atoms with Gasteiger partial charge < -0.3 is 16.2 Å². The van der Waals surface area contributed by atoms with Gasteiger partial charge in [-0.15, -0.1) is 0 Å². The number of carbonyl (C=O) groups is 2. The van der Waals surface area contributed by atoms with Gasteiger partial charge in [0.15, 0.2) is 0 Å². The van der Waals surface area contributed by atoms with E-state index in [9.17, 15) is 9.59 Å². The summed E-state index contributed by atoms with van der Waals surface area (Å²) in [6, 6.07) is 17.6. The van der Waals surface area contributed by atoms with Gasteiger partial charge in [-0.3, -0.25) is 9.59 Å². The number of nitrogens with two attached hydrogens (primary N) is 2. The van der Waals surface area contributed by atoms with Gasteiger partial charge in [0.1, 0.15) is 12.4 Å². The average molecular weight is 338 g/mol. The van der Waals surface area contributed by atoms with E-state index in [2.05, 4.69) is 0 Å². The van der Waals surface area contributed by atoms with Crippen molar-refractivity contribution in [2.75, 3.05) is 0 Å². The maximum atomic E-state index is 11.5. The van der Waals surface area contributed by atoms with E-state index < -0.39 is 11.3 Å². The van der Waals surface area contributed by atoms with Crippen LogP contribution in [0.1, 0.15) is 24.0 Å². The van der Waals surface area contributed by atoms with Crippen LogP contribution in [0.2, 0.25) is 0 Å². The molecule has 4 N–H and O–H groups in total. The molecule has 3 rings (SSSR count). The molecule has 2 aromatic carbocycles. The van der Waals surface area contributed by atoms with Gasteiger partial charge in [-0.25, -0.2) is 0 Å². The first-order chi connectivity index (χ1) is 12.0. The summed E-state index contributed by atoms with van der Waals surface area (Å²) in [5.41, 5.74) is 12.5. The molecule has 130 valence electrons. The molecule has 0 aliphatic heterocycles. The highest BCUT2D eigenvalue weighted by Gasteiger charge is 2.57. The second-order valence-corrected chi connectivity index (χ2v) is 6.76. The third-order valence-electron chi connectivity index (χ3n) is 4.76. The lowest BCUT2D eigenvalue weighted by atomic mass is 9.90. The Kier molecular flexibility index (Phi) is 4.74. The summed E-state index contributed by atoms with van der Waals surface area (Å²) in [6.45, 7) is 0.487. The number of rotatable bonds is 8. The fourth-order valence-corrected chi connectivity index (χ4v) is 3.44. The monoisotopic (exact) mass is 338 g/mol. The Balaban J connectivity index is 1.68. The number of hydrogen-bond acceptors (Lipinski definition) is 3. The van der Waals surface area contributed by atoms with Crippen molar-refractivity contribution in [3.05, 3.63) is 65.7 Å². The largest absolute Gasteiger partial charge is 0.489 e. The maximum absolute atomic E-state index is 11.5. The van der Waals surface area contributed by atoms with Crippen LogP contribution in [0.15, 0.2) is 54.6 Å². The van der Waals surface area contributed by atoms with Crippen LogP contribution in [0.3, 0.4) is 0 Å². The molecule has 25 heavy (non-hydrogen) atoms. The summed E-state index contributed by atoms with van der Waals surface area (Å²) in [6.07, 6.45) is 1.38. The summed E-state index contributed by atoms with van der Waals surface area (Å²) < 4.78 is 5.84. The molecule has 0 radical (unpaired) electrons. The molecule has 0 unspecified atom stereocenters. The molecule has 1 aliphatic carbocycles. The van der Waals surface area contributed by atoms with Crippen LogP contribution in [0.25, 0.3) is 0 Å². The van der Waals surface area contributed by atoms with Crippen LogP contribution in [-0.2, 0) is 22.6 Å². The minimum atomic E-state index is -0.435. The lowest BCUT2D eigenvalue weighted by Gasteiger charge is -2.16. The Hall–Kier alpha value is -2.82. The zero-order valence-electron chi connectivity index (χ0n) is 14.0. The van der Waals surface area contributed by atoms with E-state index in [1.54, 1.807) is 0 Å².